The first-order chi connectivity index (χ1) is 15.5. The van der Waals surface area contributed by atoms with E-state index in [1.165, 1.54) is 4.90 Å². The Hall–Kier alpha value is -3.42. The lowest BCUT2D eigenvalue weighted by atomic mass is 10.2. The number of hydrogen-bond acceptors (Lipinski definition) is 5. The van der Waals surface area contributed by atoms with E-state index in [4.69, 9.17) is 9.47 Å². The normalized spacial score (nSPS) is 14.2. The molecule has 0 aromatic heterocycles. The van der Waals surface area contributed by atoms with Gasteiger partial charge in [-0.3, -0.25) is 9.79 Å². The van der Waals surface area contributed by atoms with Gasteiger partial charge in [-0.1, -0.05) is 24.3 Å². The number of aliphatic imine (C=N–C) groups is 1. The van der Waals surface area contributed by atoms with Crippen LogP contribution in [0.3, 0.4) is 0 Å². The molecule has 2 aromatic carbocycles. The van der Waals surface area contributed by atoms with Crippen LogP contribution < -0.4 is 19.7 Å². The van der Waals surface area contributed by atoms with E-state index in [0.29, 0.717) is 12.3 Å². The predicted molar refractivity (Wildman–Crippen MR) is 128 cm³/mol. The van der Waals surface area contributed by atoms with Crippen molar-refractivity contribution in [3.8, 4) is 11.5 Å². The van der Waals surface area contributed by atoms with Gasteiger partial charge in [0.25, 0.3) is 5.91 Å². The van der Waals surface area contributed by atoms with Crippen LogP contribution in [0.4, 0.5) is 5.69 Å². The number of likely N-dealkylation sites (N-methyl/N-ethyl adjacent to an activating group) is 1. The van der Waals surface area contributed by atoms with E-state index in [-0.39, 0.29) is 12.5 Å². The topological polar surface area (TPSA) is 69.6 Å². The van der Waals surface area contributed by atoms with Crippen LogP contribution >= 0.6 is 0 Å². The quantitative estimate of drug-likeness (QED) is 0.526. The number of nitrogens with one attached hydrogen (secondary N) is 1. The number of guanidine groups is 1. The van der Waals surface area contributed by atoms with Crippen LogP contribution in [0.25, 0.3) is 0 Å². The molecule has 0 saturated carbocycles. The Labute approximate surface area is 190 Å². The van der Waals surface area contributed by atoms with Gasteiger partial charge >= 0.3 is 0 Å². The second-order valence-corrected chi connectivity index (χ2v) is 7.77. The van der Waals surface area contributed by atoms with Gasteiger partial charge in [0.1, 0.15) is 11.5 Å². The van der Waals surface area contributed by atoms with Crippen LogP contribution in [0.2, 0.25) is 0 Å². The highest BCUT2D eigenvalue weighted by Crippen LogP contribution is 2.28. The zero-order valence-corrected chi connectivity index (χ0v) is 19.4. The molecule has 1 aliphatic rings. The first-order valence-corrected chi connectivity index (χ1v) is 10.8. The molecule has 32 heavy (non-hydrogen) atoms. The minimum absolute atomic E-state index is 0.0298. The van der Waals surface area contributed by atoms with E-state index in [9.17, 15) is 4.79 Å². The van der Waals surface area contributed by atoms with Crippen LogP contribution in [0.5, 0.6) is 11.5 Å². The second kappa shape index (κ2) is 11.3. The van der Waals surface area contributed by atoms with Gasteiger partial charge in [-0.05, 0) is 29.8 Å². The standard InChI is InChI=1S/C24H33N5O3/c1-25-24(26-17-19-8-7-9-20(16-19)32-18-23(30)27(2)3)29-14-12-28(13-15-29)21-10-5-6-11-22(21)31-4/h5-11,16H,12-15,17-18H2,1-4H3,(H,25,26). The van der Waals surface area contributed by atoms with Gasteiger partial charge in [0.15, 0.2) is 12.6 Å². The minimum Gasteiger partial charge on any atom is -0.495 e. The number of para-hydroxylation sites is 2. The van der Waals surface area contributed by atoms with Crippen LogP contribution in [0, 0.1) is 0 Å². The number of ether oxygens (including phenoxy) is 2. The van der Waals surface area contributed by atoms with E-state index in [1.54, 1.807) is 28.3 Å². The molecule has 3 rings (SSSR count). The van der Waals surface area contributed by atoms with Gasteiger partial charge in [-0.2, -0.15) is 0 Å². The van der Waals surface area contributed by atoms with Crippen molar-refractivity contribution >= 4 is 17.6 Å². The fourth-order valence-corrected chi connectivity index (χ4v) is 3.58. The molecule has 172 valence electrons. The highest BCUT2D eigenvalue weighted by atomic mass is 16.5. The monoisotopic (exact) mass is 439 g/mol. The van der Waals surface area contributed by atoms with Gasteiger partial charge in [0, 0.05) is 53.9 Å². The lowest BCUT2D eigenvalue weighted by Gasteiger charge is -2.38. The van der Waals surface area contributed by atoms with Crippen molar-refractivity contribution < 1.29 is 14.3 Å². The fourth-order valence-electron chi connectivity index (χ4n) is 3.58. The summed E-state index contributed by atoms with van der Waals surface area (Å²) in [6, 6.07) is 15.9. The summed E-state index contributed by atoms with van der Waals surface area (Å²) in [5.41, 5.74) is 2.19. The summed E-state index contributed by atoms with van der Waals surface area (Å²) in [5.74, 6) is 2.39. The van der Waals surface area contributed by atoms with Gasteiger partial charge < -0.3 is 29.5 Å². The maximum Gasteiger partial charge on any atom is 0.259 e. The fraction of sp³-hybridized carbons (Fsp3) is 0.417. The van der Waals surface area contributed by atoms with Crippen molar-refractivity contribution in [1.29, 1.82) is 0 Å². The van der Waals surface area contributed by atoms with E-state index < -0.39 is 0 Å². The highest BCUT2D eigenvalue weighted by Gasteiger charge is 2.21. The van der Waals surface area contributed by atoms with Crippen LogP contribution in [-0.4, -0.2) is 82.7 Å². The number of rotatable bonds is 7. The van der Waals surface area contributed by atoms with Gasteiger partial charge in [-0.15, -0.1) is 0 Å². The third kappa shape index (κ3) is 6.06. The lowest BCUT2D eigenvalue weighted by molar-refractivity contribution is -0.130. The summed E-state index contributed by atoms with van der Waals surface area (Å²) >= 11 is 0. The largest absolute Gasteiger partial charge is 0.495 e. The zero-order chi connectivity index (χ0) is 22.9. The molecule has 0 aliphatic carbocycles. The number of piperazine rings is 1. The molecule has 8 nitrogen and oxygen atoms in total. The number of benzene rings is 2. The first-order valence-electron chi connectivity index (χ1n) is 10.8. The zero-order valence-electron chi connectivity index (χ0n) is 19.4. The molecular formula is C24H33N5O3. The third-order valence-corrected chi connectivity index (χ3v) is 5.43. The maximum absolute atomic E-state index is 11.7. The molecule has 1 aliphatic heterocycles. The predicted octanol–water partition coefficient (Wildman–Crippen LogP) is 2.06. The second-order valence-electron chi connectivity index (χ2n) is 7.77. The van der Waals surface area contributed by atoms with Crippen molar-refractivity contribution in [2.75, 3.05) is 65.9 Å². The number of carbonyl (C=O) groups is 1. The molecule has 0 unspecified atom stereocenters. The number of amides is 1. The van der Waals surface area contributed by atoms with Gasteiger partial charge in [0.05, 0.1) is 12.8 Å². The van der Waals surface area contributed by atoms with Crippen molar-refractivity contribution in [2.24, 2.45) is 4.99 Å². The van der Waals surface area contributed by atoms with Crippen molar-refractivity contribution in [1.82, 2.24) is 15.1 Å². The van der Waals surface area contributed by atoms with E-state index in [1.807, 2.05) is 42.5 Å². The molecule has 1 heterocycles. The molecule has 0 radical (unpaired) electrons. The Kier molecular flexibility index (Phi) is 8.19. The molecule has 0 spiro atoms. The summed E-state index contributed by atoms with van der Waals surface area (Å²) in [5, 5.41) is 3.44. The summed E-state index contributed by atoms with van der Waals surface area (Å²) < 4.78 is 11.1. The minimum atomic E-state index is -0.0683. The third-order valence-electron chi connectivity index (χ3n) is 5.43. The van der Waals surface area contributed by atoms with E-state index in [0.717, 1.165) is 49.1 Å². The molecule has 0 bridgehead atoms. The first kappa shape index (κ1) is 23.2. The highest BCUT2D eigenvalue weighted by molar-refractivity contribution is 5.80. The smallest absolute Gasteiger partial charge is 0.259 e. The summed E-state index contributed by atoms with van der Waals surface area (Å²) in [4.78, 5) is 22.3. The van der Waals surface area contributed by atoms with Crippen molar-refractivity contribution in [2.45, 2.75) is 6.54 Å². The average Bonchev–Trinajstić information content (AvgIpc) is 2.83. The number of carbonyl (C=O) groups excluding carboxylic acids is 1. The number of nitrogens with zero attached hydrogens (tertiary/aromatic N) is 4. The molecule has 0 atom stereocenters. The van der Waals surface area contributed by atoms with E-state index in [2.05, 4.69) is 26.2 Å². The summed E-state index contributed by atoms with van der Waals surface area (Å²) in [6.45, 7) is 4.18. The maximum atomic E-state index is 11.7. The average molecular weight is 440 g/mol. The van der Waals surface area contributed by atoms with E-state index >= 15 is 0 Å². The number of anilines is 1. The van der Waals surface area contributed by atoms with Gasteiger partial charge in [0.2, 0.25) is 0 Å². The molecular weight excluding hydrogens is 406 g/mol. The van der Waals surface area contributed by atoms with Crippen LogP contribution in [-0.2, 0) is 11.3 Å². The number of methoxy groups -OCH3 is 1. The Balaban J connectivity index is 1.52. The molecule has 1 fully saturated rings. The molecule has 1 N–H and O–H groups in total. The Morgan fingerprint density at radius 1 is 1.09 bits per heavy atom. The molecule has 1 amide bonds. The Morgan fingerprint density at radius 2 is 1.84 bits per heavy atom. The molecule has 8 heteroatoms. The lowest BCUT2D eigenvalue weighted by Crippen LogP contribution is -2.52. The van der Waals surface area contributed by atoms with Crippen molar-refractivity contribution in [3.63, 3.8) is 0 Å². The van der Waals surface area contributed by atoms with Crippen molar-refractivity contribution in [3.05, 3.63) is 54.1 Å². The number of hydrogen-bond donors (Lipinski definition) is 1. The SMILES string of the molecule is CN=C(NCc1cccc(OCC(=O)N(C)C)c1)N1CCN(c2ccccc2OC)CC1. The molecule has 2 aromatic rings. The van der Waals surface area contributed by atoms with Crippen LogP contribution in [0.15, 0.2) is 53.5 Å². The Morgan fingerprint density at radius 3 is 2.53 bits per heavy atom. The summed E-state index contributed by atoms with van der Waals surface area (Å²) in [6.07, 6.45) is 0. The van der Waals surface area contributed by atoms with Crippen LogP contribution in [0.1, 0.15) is 5.56 Å². The van der Waals surface area contributed by atoms with Gasteiger partial charge in [-0.25, -0.2) is 0 Å². The summed E-state index contributed by atoms with van der Waals surface area (Å²) in [7, 11) is 6.95. The molecule has 1 saturated heterocycles. The Bertz CT molecular complexity index is 923.